The van der Waals surface area contributed by atoms with Crippen LogP contribution in [0.1, 0.15) is 0 Å². The first-order valence-corrected chi connectivity index (χ1v) is 11.2. The molecule has 0 saturated heterocycles. The van der Waals surface area contributed by atoms with Gasteiger partial charge in [0.2, 0.25) is 5.88 Å². The molecule has 182 valence electrons. The van der Waals surface area contributed by atoms with Gasteiger partial charge in [0.25, 0.3) is 5.91 Å². The summed E-state index contributed by atoms with van der Waals surface area (Å²) < 4.78 is 23.4. The topological polar surface area (TPSA) is 109 Å². The van der Waals surface area contributed by atoms with Gasteiger partial charge in [0.05, 0.1) is 31.4 Å². The molecule has 4 aromatic rings. The maximum absolute atomic E-state index is 12.0. The number of fused-ring (bicyclic) bond motifs is 1. The molecule has 2 heterocycles. The highest BCUT2D eigenvalue weighted by Gasteiger charge is 2.16. The largest absolute Gasteiger partial charge is 0.497 e. The lowest BCUT2D eigenvalue weighted by molar-refractivity contribution is -0.123. The van der Waals surface area contributed by atoms with Crippen LogP contribution in [-0.4, -0.2) is 59.7 Å². The van der Waals surface area contributed by atoms with Gasteiger partial charge < -0.3 is 24.3 Å². The van der Waals surface area contributed by atoms with Crippen LogP contribution < -0.4 is 24.3 Å². The summed E-state index contributed by atoms with van der Waals surface area (Å²) in [5, 5.41) is 16.4. The van der Waals surface area contributed by atoms with Crippen LogP contribution in [0.4, 0.5) is 0 Å². The highest BCUT2D eigenvalue weighted by atomic mass is 35.5. The quantitative estimate of drug-likeness (QED) is 0.317. The second-order valence-electron chi connectivity index (χ2n) is 7.09. The number of carbonyl (C=O) groups excluding carboxylic acids is 1. The van der Waals surface area contributed by atoms with Crippen molar-refractivity contribution in [3.63, 3.8) is 0 Å². The van der Waals surface area contributed by atoms with Gasteiger partial charge in [-0.1, -0.05) is 23.2 Å². The molecular weight excluding hydrogens is 497 g/mol. The molecule has 12 heteroatoms. The summed E-state index contributed by atoms with van der Waals surface area (Å²) in [5.74, 6) is 2.08. The fourth-order valence-corrected chi connectivity index (χ4v) is 3.60. The Balaban J connectivity index is 1.35. The first-order chi connectivity index (χ1) is 17.0. The Labute approximate surface area is 210 Å². The molecule has 0 aliphatic carbocycles. The van der Waals surface area contributed by atoms with Gasteiger partial charge in [-0.15, -0.1) is 15.3 Å². The summed E-state index contributed by atoms with van der Waals surface area (Å²) in [5.41, 5.74) is 1.19. The number of aromatic nitrogens is 4. The predicted octanol–water partition coefficient (Wildman–Crippen LogP) is 3.69. The monoisotopic (exact) mass is 517 g/mol. The van der Waals surface area contributed by atoms with Crippen molar-refractivity contribution in [3.05, 3.63) is 58.6 Å². The molecule has 2 aromatic heterocycles. The standard InChI is InChI=1S/C23H21Cl2N5O5/c1-32-15-4-6-18(33-2)16(12-15)23-28-27-20-7-8-22(29-30(20)23)34-10-9-26-21(31)13-35-19-5-3-14(24)11-17(19)25/h3-8,11-12H,9-10,13H2,1-2H3,(H,26,31). The van der Waals surface area contributed by atoms with Crippen molar-refractivity contribution in [1.29, 1.82) is 0 Å². The van der Waals surface area contributed by atoms with E-state index in [0.29, 0.717) is 50.2 Å². The number of carbonyl (C=O) groups is 1. The van der Waals surface area contributed by atoms with Crippen molar-refractivity contribution in [2.75, 3.05) is 34.0 Å². The van der Waals surface area contributed by atoms with Gasteiger partial charge in [0, 0.05) is 11.1 Å². The number of nitrogens with zero attached hydrogens (tertiary/aromatic N) is 4. The predicted molar refractivity (Wildman–Crippen MR) is 130 cm³/mol. The van der Waals surface area contributed by atoms with Crippen molar-refractivity contribution in [2.24, 2.45) is 0 Å². The fourth-order valence-electron chi connectivity index (χ4n) is 3.14. The van der Waals surface area contributed by atoms with E-state index in [0.717, 1.165) is 0 Å². The number of nitrogens with one attached hydrogen (secondary N) is 1. The highest BCUT2D eigenvalue weighted by Crippen LogP contribution is 2.32. The van der Waals surface area contributed by atoms with Gasteiger partial charge in [0.15, 0.2) is 18.1 Å². The Hall–Kier alpha value is -3.76. The number of benzene rings is 2. The molecule has 0 fully saturated rings. The molecule has 2 aromatic carbocycles. The van der Waals surface area contributed by atoms with Crippen LogP contribution in [0.5, 0.6) is 23.1 Å². The number of hydrogen-bond donors (Lipinski definition) is 1. The summed E-state index contributed by atoms with van der Waals surface area (Å²) in [7, 11) is 3.15. The van der Waals surface area contributed by atoms with Crippen LogP contribution in [0.3, 0.4) is 0 Å². The Kier molecular flexibility index (Phi) is 7.74. The SMILES string of the molecule is COc1ccc(OC)c(-c2nnc3ccc(OCCNC(=O)COc4ccc(Cl)cc4Cl)nn23)c1. The normalized spacial score (nSPS) is 10.7. The van der Waals surface area contributed by atoms with Crippen LogP contribution in [0.2, 0.25) is 10.0 Å². The van der Waals surface area contributed by atoms with Crippen LogP contribution in [0.25, 0.3) is 17.0 Å². The zero-order chi connectivity index (χ0) is 24.8. The van der Waals surface area contributed by atoms with Gasteiger partial charge >= 0.3 is 0 Å². The van der Waals surface area contributed by atoms with Gasteiger partial charge in [0.1, 0.15) is 23.9 Å². The Morgan fingerprint density at radius 2 is 1.80 bits per heavy atom. The molecule has 4 rings (SSSR count). The van der Waals surface area contributed by atoms with E-state index in [9.17, 15) is 4.79 Å². The van der Waals surface area contributed by atoms with E-state index in [-0.39, 0.29) is 25.7 Å². The van der Waals surface area contributed by atoms with Crippen molar-refractivity contribution < 1.29 is 23.7 Å². The summed E-state index contributed by atoms with van der Waals surface area (Å²) >= 11 is 11.9. The van der Waals surface area contributed by atoms with E-state index in [2.05, 4.69) is 20.6 Å². The van der Waals surface area contributed by atoms with Crippen molar-refractivity contribution in [2.45, 2.75) is 0 Å². The molecule has 1 N–H and O–H groups in total. The smallest absolute Gasteiger partial charge is 0.258 e. The minimum Gasteiger partial charge on any atom is -0.497 e. The molecule has 1 amide bonds. The second kappa shape index (κ2) is 11.1. The first kappa shape index (κ1) is 24.4. The average molecular weight is 518 g/mol. The highest BCUT2D eigenvalue weighted by molar-refractivity contribution is 6.35. The first-order valence-electron chi connectivity index (χ1n) is 10.4. The molecule has 0 saturated carbocycles. The molecule has 0 aliphatic rings. The zero-order valence-corrected chi connectivity index (χ0v) is 20.3. The van der Waals surface area contributed by atoms with Crippen molar-refractivity contribution in [1.82, 2.24) is 25.1 Å². The maximum Gasteiger partial charge on any atom is 0.258 e. The molecular formula is C23H21Cl2N5O5. The van der Waals surface area contributed by atoms with E-state index in [4.69, 9.17) is 42.1 Å². The van der Waals surface area contributed by atoms with Gasteiger partial charge in [-0.05, 0) is 42.5 Å². The van der Waals surface area contributed by atoms with E-state index < -0.39 is 0 Å². The third-order valence-corrected chi connectivity index (χ3v) is 5.34. The van der Waals surface area contributed by atoms with E-state index in [1.54, 1.807) is 67.3 Å². The lowest BCUT2D eigenvalue weighted by atomic mass is 10.2. The lowest BCUT2D eigenvalue weighted by Crippen LogP contribution is -2.32. The number of amides is 1. The number of methoxy groups -OCH3 is 2. The molecule has 0 bridgehead atoms. The molecule has 0 aliphatic heterocycles. The third kappa shape index (κ3) is 5.84. The number of ether oxygens (including phenoxy) is 4. The third-order valence-electron chi connectivity index (χ3n) is 4.81. The van der Waals surface area contributed by atoms with E-state index in [1.807, 2.05) is 0 Å². The molecule has 0 spiro atoms. The number of rotatable bonds is 10. The minimum absolute atomic E-state index is 0.186. The number of halogens is 2. The fraction of sp³-hybridized carbons (Fsp3) is 0.217. The van der Waals surface area contributed by atoms with E-state index >= 15 is 0 Å². The van der Waals surface area contributed by atoms with Crippen molar-refractivity contribution in [3.8, 4) is 34.5 Å². The van der Waals surface area contributed by atoms with Crippen LogP contribution in [0, 0.1) is 0 Å². The summed E-state index contributed by atoms with van der Waals surface area (Å²) in [6.07, 6.45) is 0. The van der Waals surface area contributed by atoms with Crippen molar-refractivity contribution >= 4 is 34.8 Å². The molecule has 0 radical (unpaired) electrons. The number of hydrogen-bond acceptors (Lipinski definition) is 8. The molecule has 0 atom stereocenters. The van der Waals surface area contributed by atoms with Crippen LogP contribution in [0.15, 0.2) is 48.5 Å². The Bertz CT molecular complexity index is 1350. The van der Waals surface area contributed by atoms with Crippen LogP contribution >= 0.6 is 23.2 Å². The van der Waals surface area contributed by atoms with E-state index in [1.165, 1.54) is 0 Å². The summed E-state index contributed by atoms with van der Waals surface area (Å²) in [6, 6.07) is 13.5. The molecule has 35 heavy (non-hydrogen) atoms. The minimum atomic E-state index is -0.325. The zero-order valence-electron chi connectivity index (χ0n) is 18.8. The molecule has 10 nitrogen and oxygen atoms in total. The summed E-state index contributed by atoms with van der Waals surface area (Å²) in [6.45, 7) is 0.235. The van der Waals surface area contributed by atoms with Gasteiger partial charge in [-0.2, -0.15) is 4.52 Å². The van der Waals surface area contributed by atoms with Crippen LogP contribution in [-0.2, 0) is 4.79 Å². The summed E-state index contributed by atoms with van der Waals surface area (Å²) in [4.78, 5) is 12.0. The maximum atomic E-state index is 12.0. The Morgan fingerprint density at radius 1 is 0.971 bits per heavy atom. The van der Waals surface area contributed by atoms with Gasteiger partial charge in [-0.25, -0.2) is 0 Å². The molecule has 0 unspecified atom stereocenters. The van der Waals surface area contributed by atoms with Gasteiger partial charge in [-0.3, -0.25) is 4.79 Å². The second-order valence-corrected chi connectivity index (χ2v) is 7.94. The average Bonchev–Trinajstić information content (AvgIpc) is 3.29. The lowest BCUT2D eigenvalue weighted by Gasteiger charge is -2.10. The Morgan fingerprint density at radius 3 is 2.57 bits per heavy atom.